The second-order valence-electron chi connectivity index (χ2n) is 6.22. The molecular weight excluding hydrogens is 368 g/mol. The largest absolute Gasteiger partial charge is 0.495 e. The van der Waals surface area contributed by atoms with Crippen LogP contribution in [0.1, 0.15) is 24.8 Å². The Hall–Kier alpha value is -2.73. The molecule has 2 N–H and O–H groups in total. The minimum Gasteiger partial charge on any atom is -0.495 e. The van der Waals surface area contributed by atoms with Crippen LogP contribution in [0.2, 0.25) is 5.02 Å². The lowest BCUT2D eigenvalue weighted by Gasteiger charge is -2.17. The number of anilines is 2. The van der Waals surface area contributed by atoms with E-state index in [1.54, 1.807) is 18.2 Å². The summed E-state index contributed by atoms with van der Waals surface area (Å²) in [5, 5.41) is 6.09. The van der Waals surface area contributed by atoms with E-state index in [0.717, 1.165) is 17.0 Å². The molecular formula is C20H21ClN2O4. The Kier molecular flexibility index (Phi) is 6.19. The van der Waals surface area contributed by atoms with Gasteiger partial charge in [-0.25, -0.2) is 0 Å². The highest BCUT2D eigenvalue weighted by atomic mass is 35.5. The third-order valence-corrected chi connectivity index (χ3v) is 4.52. The number of benzene rings is 2. The van der Waals surface area contributed by atoms with E-state index in [9.17, 15) is 9.59 Å². The number of methoxy groups -OCH3 is 1. The minimum atomic E-state index is -0.104. The van der Waals surface area contributed by atoms with Crippen molar-refractivity contribution < 1.29 is 19.1 Å². The summed E-state index contributed by atoms with van der Waals surface area (Å²) in [6, 6.07) is 10.7. The van der Waals surface area contributed by atoms with E-state index in [2.05, 4.69) is 10.6 Å². The van der Waals surface area contributed by atoms with E-state index in [4.69, 9.17) is 21.1 Å². The van der Waals surface area contributed by atoms with Crippen LogP contribution in [-0.2, 0) is 16.0 Å². The van der Waals surface area contributed by atoms with Gasteiger partial charge in [0.05, 0.1) is 18.7 Å². The standard InChI is InChI=1S/C20H21ClN2O4/c1-26-18-8-5-14(12-16(18)21)22-19(24)3-2-10-27-15-6-7-17-13(11-15)4-9-20(25)23-17/h5-8,11-12H,2-4,9-10H2,1H3,(H,22,24)(H,23,25). The Balaban J connectivity index is 1.43. The molecule has 1 aliphatic heterocycles. The lowest BCUT2D eigenvalue weighted by atomic mass is 10.0. The van der Waals surface area contributed by atoms with Crippen LogP contribution in [0.4, 0.5) is 11.4 Å². The average molecular weight is 389 g/mol. The number of amides is 2. The van der Waals surface area contributed by atoms with Gasteiger partial charge in [-0.1, -0.05) is 11.6 Å². The molecule has 142 valence electrons. The van der Waals surface area contributed by atoms with Gasteiger partial charge in [0, 0.05) is 24.2 Å². The Bertz CT molecular complexity index is 854. The Labute approximate surface area is 162 Å². The van der Waals surface area contributed by atoms with Gasteiger partial charge in [0.1, 0.15) is 11.5 Å². The van der Waals surface area contributed by atoms with Gasteiger partial charge in [0.2, 0.25) is 11.8 Å². The predicted octanol–water partition coefficient (Wildman–Crippen LogP) is 4.03. The summed E-state index contributed by atoms with van der Waals surface area (Å²) in [6.45, 7) is 0.432. The number of ether oxygens (including phenoxy) is 2. The molecule has 2 aromatic rings. The van der Waals surface area contributed by atoms with Crippen molar-refractivity contribution in [1.29, 1.82) is 0 Å². The molecule has 7 heteroatoms. The minimum absolute atomic E-state index is 0.0420. The molecule has 1 heterocycles. The molecule has 0 fully saturated rings. The van der Waals surface area contributed by atoms with Crippen LogP contribution in [0.25, 0.3) is 0 Å². The van der Waals surface area contributed by atoms with Gasteiger partial charge < -0.3 is 20.1 Å². The highest BCUT2D eigenvalue weighted by Crippen LogP contribution is 2.28. The molecule has 0 saturated carbocycles. The molecule has 3 rings (SSSR count). The normalized spacial score (nSPS) is 12.7. The zero-order chi connectivity index (χ0) is 19.2. The van der Waals surface area contributed by atoms with Crippen LogP contribution in [-0.4, -0.2) is 25.5 Å². The van der Waals surface area contributed by atoms with Gasteiger partial charge >= 0.3 is 0 Å². The van der Waals surface area contributed by atoms with E-state index in [0.29, 0.717) is 48.7 Å². The smallest absolute Gasteiger partial charge is 0.224 e. The van der Waals surface area contributed by atoms with Crippen LogP contribution >= 0.6 is 11.6 Å². The molecule has 0 bridgehead atoms. The summed E-state index contributed by atoms with van der Waals surface area (Å²) >= 11 is 6.05. The van der Waals surface area contributed by atoms with Crippen molar-refractivity contribution in [3.8, 4) is 11.5 Å². The lowest BCUT2D eigenvalue weighted by molar-refractivity contribution is -0.117. The topological polar surface area (TPSA) is 76.7 Å². The first-order valence-corrected chi connectivity index (χ1v) is 9.12. The molecule has 27 heavy (non-hydrogen) atoms. The number of rotatable bonds is 7. The fourth-order valence-corrected chi connectivity index (χ4v) is 3.10. The zero-order valence-electron chi connectivity index (χ0n) is 15.0. The van der Waals surface area contributed by atoms with Crippen molar-refractivity contribution in [3.05, 3.63) is 47.0 Å². The highest BCUT2D eigenvalue weighted by Gasteiger charge is 2.15. The van der Waals surface area contributed by atoms with E-state index in [1.807, 2.05) is 18.2 Å². The first kappa shape index (κ1) is 19.0. The Morgan fingerprint density at radius 1 is 1.22 bits per heavy atom. The number of hydrogen-bond donors (Lipinski definition) is 2. The first-order valence-electron chi connectivity index (χ1n) is 8.74. The quantitative estimate of drug-likeness (QED) is 0.702. The molecule has 0 aromatic heterocycles. The lowest BCUT2D eigenvalue weighted by Crippen LogP contribution is -2.18. The molecule has 0 radical (unpaired) electrons. The fraction of sp³-hybridized carbons (Fsp3) is 0.300. The van der Waals surface area contributed by atoms with Crippen LogP contribution in [0, 0.1) is 0 Å². The Morgan fingerprint density at radius 2 is 2.07 bits per heavy atom. The molecule has 2 aromatic carbocycles. The summed E-state index contributed by atoms with van der Waals surface area (Å²) in [6.07, 6.45) is 2.13. The SMILES string of the molecule is COc1ccc(NC(=O)CCCOc2ccc3c(c2)CCC(=O)N3)cc1Cl. The number of nitrogens with one attached hydrogen (secondary N) is 2. The van der Waals surface area contributed by atoms with E-state index in [-0.39, 0.29) is 11.8 Å². The Morgan fingerprint density at radius 3 is 2.85 bits per heavy atom. The maximum atomic E-state index is 12.0. The summed E-state index contributed by atoms with van der Waals surface area (Å²) in [4.78, 5) is 23.4. The van der Waals surface area contributed by atoms with E-state index in [1.165, 1.54) is 7.11 Å². The number of hydrogen-bond acceptors (Lipinski definition) is 4. The summed E-state index contributed by atoms with van der Waals surface area (Å²) in [5.41, 5.74) is 2.54. The third-order valence-electron chi connectivity index (χ3n) is 4.22. The van der Waals surface area contributed by atoms with Crippen molar-refractivity contribution >= 4 is 34.8 Å². The molecule has 0 saturated heterocycles. The van der Waals surface area contributed by atoms with Crippen LogP contribution in [0.5, 0.6) is 11.5 Å². The van der Waals surface area contributed by atoms with Crippen molar-refractivity contribution in [2.45, 2.75) is 25.7 Å². The number of carbonyl (C=O) groups excluding carboxylic acids is 2. The second-order valence-corrected chi connectivity index (χ2v) is 6.62. The predicted molar refractivity (Wildman–Crippen MR) is 105 cm³/mol. The molecule has 1 aliphatic rings. The molecule has 0 aliphatic carbocycles. The third kappa shape index (κ3) is 5.14. The van der Waals surface area contributed by atoms with Gasteiger partial charge in [0.15, 0.2) is 0 Å². The number of fused-ring (bicyclic) bond motifs is 1. The second kappa shape index (κ2) is 8.77. The zero-order valence-corrected chi connectivity index (χ0v) is 15.8. The van der Waals surface area contributed by atoms with Crippen molar-refractivity contribution in [1.82, 2.24) is 0 Å². The maximum absolute atomic E-state index is 12.0. The molecule has 2 amide bonds. The van der Waals surface area contributed by atoms with E-state index >= 15 is 0 Å². The fourth-order valence-electron chi connectivity index (χ4n) is 2.84. The van der Waals surface area contributed by atoms with Gasteiger partial charge in [-0.3, -0.25) is 9.59 Å². The first-order chi connectivity index (χ1) is 13.0. The van der Waals surface area contributed by atoms with Gasteiger partial charge in [-0.2, -0.15) is 0 Å². The van der Waals surface area contributed by atoms with Gasteiger partial charge in [0.25, 0.3) is 0 Å². The number of halogens is 1. The average Bonchev–Trinajstić information content (AvgIpc) is 2.65. The molecule has 0 atom stereocenters. The summed E-state index contributed by atoms with van der Waals surface area (Å²) < 4.78 is 10.8. The van der Waals surface area contributed by atoms with Crippen molar-refractivity contribution in [2.75, 3.05) is 24.4 Å². The molecule has 6 nitrogen and oxygen atoms in total. The van der Waals surface area contributed by atoms with Crippen LogP contribution in [0.15, 0.2) is 36.4 Å². The molecule has 0 unspecified atom stereocenters. The molecule has 0 spiro atoms. The highest BCUT2D eigenvalue weighted by molar-refractivity contribution is 6.32. The van der Waals surface area contributed by atoms with Gasteiger partial charge in [-0.05, 0) is 54.8 Å². The van der Waals surface area contributed by atoms with Crippen molar-refractivity contribution in [2.24, 2.45) is 0 Å². The van der Waals surface area contributed by atoms with Crippen LogP contribution in [0.3, 0.4) is 0 Å². The summed E-state index contributed by atoms with van der Waals surface area (Å²) in [7, 11) is 1.54. The monoisotopic (exact) mass is 388 g/mol. The maximum Gasteiger partial charge on any atom is 0.224 e. The van der Waals surface area contributed by atoms with Crippen molar-refractivity contribution in [3.63, 3.8) is 0 Å². The van der Waals surface area contributed by atoms with Gasteiger partial charge in [-0.15, -0.1) is 0 Å². The summed E-state index contributed by atoms with van der Waals surface area (Å²) in [5.74, 6) is 1.24. The van der Waals surface area contributed by atoms with E-state index < -0.39 is 0 Å². The number of aryl methyl sites for hydroxylation is 1. The number of carbonyl (C=O) groups is 2. The van der Waals surface area contributed by atoms with Crippen LogP contribution < -0.4 is 20.1 Å².